The number of methoxy groups -OCH3 is 1. The summed E-state index contributed by atoms with van der Waals surface area (Å²) in [6.45, 7) is 5.12. The van der Waals surface area contributed by atoms with Crippen molar-refractivity contribution in [2.24, 2.45) is 0 Å². The van der Waals surface area contributed by atoms with Gasteiger partial charge in [-0.2, -0.15) is 0 Å². The Balaban J connectivity index is 1.94. The molecule has 0 radical (unpaired) electrons. The van der Waals surface area contributed by atoms with Gasteiger partial charge < -0.3 is 14.8 Å². The van der Waals surface area contributed by atoms with Gasteiger partial charge in [0.05, 0.1) is 24.1 Å². The van der Waals surface area contributed by atoms with Crippen LogP contribution in [0.15, 0.2) is 24.3 Å². The number of fused-ring (bicyclic) bond motifs is 1. The number of imide groups is 1. The summed E-state index contributed by atoms with van der Waals surface area (Å²) >= 11 is 1.15. The summed E-state index contributed by atoms with van der Waals surface area (Å²) < 4.78 is 9.82. The summed E-state index contributed by atoms with van der Waals surface area (Å²) in [6, 6.07) is 5.62. The lowest BCUT2D eigenvalue weighted by molar-refractivity contribution is -0.142. The third-order valence-electron chi connectivity index (χ3n) is 3.56. The number of rotatable bonds is 6. The van der Waals surface area contributed by atoms with Gasteiger partial charge in [-0.3, -0.25) is 14.5 Å². The molecule has 9 heteroatoms. The van der Waals surface area contributed by atoms with Crippen LogP contribution in [-0.2, 0) is 14.3 Å². The Kier molecular flexibility index (Phi) is 6.48. The second-order valence-electron chi connectivity index (χ2n) is 6.81. The largest absolute Gasteiger partial charge is 0.467 e. The normalized spacial score (nSPS) is 14.6. The Morgan fingerprint density at radius 2 is 1.70 bits per heavy atom. The van der Waals surface area contributed by atoms with Crippen LogP contribution in [0.1, 0.15) is 41.5 Å². The molecule has 1 aliphatic rings. The van der Waals surface area contributed by atoms with Crippen molar-refractivity contribution in [1.29, 1.82) is 0 Å². The van der Waals surface area contributed by atoms with Gasteiger partial charge in [0.2, 0.25) is 0 Å². The zero-order valence-electron chi connectivity index (χ0n) is 15.6. The van der Waals surface area contributed by atoms with Crippen molar-refractivity contribution >= 4 is 35.6 Å². The standard InChI is InChI=1S/C18H22N2O6S/c1-18(2,3)26-17(24)19-13(16(23)25-4)9-27-10-20-14(21)11-7-5-6-8-12(11)15(20)22/h5-8,13H,9-10H2,1-4H3,(H,19,24). The van der Waals surface area contributed by atoms with Gasteiger partial charge in [0.1, 0.15) is 11.6 Å². The molecule has 1 aromatic carbocycles. The SMILES string of the molecule is COC(=O)C(CSCN1C(=O)c2ccccc2C1=O)NC(=O)OC(C)(C)C. The van der Waals surface area contributed by atoms with Crippen molar-refractivity contribution in [3.63, 3.8) is 0 Å². The number of carbonyl (C=O) groups is 4. The number of thioether (sulfide) groups is 1. The molecule has 0 saturated heterocycles. The minimum Gasteiger partial charge on any atom is -0.467 e. The molecule has 1 aliphatic heterocycles. The van der Waals surface area contributed by atoms with E-state index < -0.39 is 23.7 Å². The van der Waals surface area contributed by atoms with E-state index in [-0.39, 0.29) is 23.4 Å². The van der Waals surface area contributed by atoms with E-state index in [4.69, 9.17) is 4.74 Å². The van der Waals surface area contributed by atoms with Crippen molar-refractivity contribution in [3.8, 4) is 0 Å². The maximum absolute atomic E-state index is 12.3. The van der Waals surface area contributed by atoms with Crippen molar-refractivity contribution in [1.82, 2.24) is 10.2 Å². The average Bonchev–Trinajstić information content (AvgIpc) is 2.83. The smallest absolute Gasteiger partial charge is 0.408 e. The molecule has 0 aromatic heterocycles. The number of carbonyl (C=O) groups excluding carboxylic acids is 4. The Morgan fingerprint density at radius 1 is 1.15 bits per heavy atom. The highest BCUT2D eigenvalue weighted by Gasteiger charge is 2.35. The van der Waals surface area contributed by atoms with E-state index in [1.54, 1.807) is 45.0 Å². The third-order valence-corrected chi connectivity index (χ3v) is 4.57. The molecule has 3 amide bonds. The summed E-state index contributed by atoms with van der Waals surface area (Å²) in [7, 11) is 1.21. The van der Waals surface area contributed by atoms with Crippen LogP contribution < -0.4 is 5.32 Å². The number of alkyl carbamates (subject to hydrolysis) is 1. The minimum absolute atomic E-state index is 0.0514. The van der Waals surface area contributed by atoms with Crippen LogP contribution in [0.5, 0.6) is 0 Å². The summed E-state index contributed by atoms with van der Waals surface area (Å²) in [4.78, 5) is 49.5. The number of nitrogens with one attached hydrogen (secondary N) is 1. The lowest BCUT2D eigenvalue weighted by Crippen LogP contribution is -2.45. The molecule has 1 heterocycles. The van der Waals surface area contributed by atoms with Gasteiger partial charge in [-0.15, -0.1) is 11.8 Å². The predicted molar refractivity (Wildman–Crippen MR) is 99.4 cm³/mol. The zero-order valence-corrected chi connectivity index (χ0v) is 16.4. The molecule has 1 unspecified atom stereocenters. The number of benzene rings is 1. The van der Waals surface area contributed by atoms with Crippen LogP contribution in [0, 0.1) is 0 Å². The van der Waals surface area contributed by atoms with Crippen LogP contribution in [0.25, 0.3) is 0 Å². The maximum atomic E-state index is 12.3. The second kappa shape index (κ2) is 8.43. The van der Waals surface area contributed by atoms with Crippen LogP contribution in [-0.4, -0.2) is 59.2 Å². The monoisotopic (exact) mass is 394 g/mol. The number of nitrogens with zero attached hydrogens (tertiary/aromatic N) is 1. The van der Waals surface area contributed by atoms with Gasteiger partial charge in [0, 0.05) is 5.75 Å². The zero-order chi connectivity index (χ0) is 20.2. The fourth-order valence-corrected chi connectivity index (χ4v) is 3.36. The molecule has 1 aromatic rings. The topological polar surface area (TPSA) is 102 Å². The van der Waals surface area contributed by atoms with Crippen LogP contribution >= 0.6 is 11.8 Å². The predicted octanol–water partition coefficient (Wildman–Crippen LogP) is 2.04. The molecule has 0 fully saturated rings. The van der Waals surface area contributed by atoms with E-state index >= 15 is 0 Å². The fourth-order valence-electron chi connectivity index (χ4n) is 2.38. The number of hydrogen-bond acceptors (Lipinski definition) is 7. The highest BCUT2D eigenvalue weighted by Crippen LogP contribution is 2.24. The highest BCUT2D eigenvalue weighted by atomic mass is 32.2. The fraction of sp³-hybridized carbons (Fsp3) is 0.444. The quantitative estimate of drug-likeness (QED) is 0.582. The first-order valence-corrected chi connectivity index (χ1v) is 9.40. The molecule has 0 spiro atoms. The second-order valence-corrected chi connectivity index (χ2v) is 7.81. The molecule has 1 atom stereocenters. The van der Waals surface area contributed by atoms with E-state index in [1.165, 1.54) is 7.11 Å². The van der Waals surface area contributed by atoms with Crippen molar-refractivity contribution in [2.45, 2.75) is 32.4 Å². The van der Waals surface area contributed by atoms with Gasteiger partial charge in [0.15, 0.2) is 0 Å². The van der Waals surface area contributed by atoms with Crippen molar-refractivity contribution in [2.75, 3.05) is 18.7 Å². The third kappa shape index (κ3) is 5.22. The lowest BCUT2D eigenvalue weighted by atomic mass is 10.1. The molecule has 8 nitrogen and oxygen atoms in total. The number of hydrogen-bond donors (Lipinski definition) is 1. The molecular formula is C18H22N2O6S. The summed E-state index contributed by atoms with van der Waals surface area (Å²) in [6.07, 6.45) is -0.751. The van der Waals surface area contributed by atoms with Crippen molar-refractivity contribution in [3.05, 3.63) is 35.4 Å². The first-order chi connectivity index (χ1) is 12.6. The van der Waals surface area contributed by atoms with E-state index in [9.17, 15) is 19.2 Å². The summed E-state index contributed by atoms with van der Waals surface area (Å²) in [5, 5.41) is 2.44. The first-order valence-electron chi connectivity index (χ1n) is 8.24. The van der Waals surface area contributed by atoms with E-state index in [0.717, 1.165) is 16.7 Å². The van der Waals surface area contributed by atoms with E-state index in [1.807, 2.05) is 0 Å². The Hall–Kier alpha value is -2.55. The molecule has 0 bridgehead atoms. The lowest BCUT2D eigenvalue weighted by Gasteiger charge is -2.23. The Labute approximate surface area is 161 Å². The van der Waals surface area contributed by atoms with E-state index in [0.29, 0.717) is 11.1 Å². The van der Waals surface area contributed by atoms with Gasteiger partial charge in [-0.25, -0.2) is 9.59 Å². The molecule has 2 rings (SSSR count). The molecule has 1 N–H and O–H groups in total. The molecule has 0 aliphatic carbocycles. The first kappa shape index (κ1) is 20.8. The van der Waals surface area contributed by atoms with Gasteiger partial charge in [-0.05, 0) is 32.9 Å². The maximum Gasteiger partial charge on any atom is 0.408 e. The molecule has 27 heavy (non-hydrogen) atoms. The average molecular weight is 394 g/mol. The van der Waals surface area contributed by atoms with Crippen molar-refractivity contribution < 1.29 is 28.7 Å². The number of esters is 1. The van der Waals surface area contributed by atoms with Gasteiger partial charge in [-0.1, -0.05) is 12.1 Å². The van der Waals surface area contributed by atoms with Gasteiger partial charge in [0.25, 0.3) is 11.8 Å². The Morgan fingerprint density at radius 3 is 2.19 bits per heavy atom. The van der Waals surface area contributed by atoms with E-state index in [2.05, 4.69) is 10.1 Å². The summed E-state index contributed by atoms with van der Waals surface area (Å²) in [5.74, 6) is -1.24. The van der Waals surface area contributed by atoms with Gasteiger partial charge >= 0.3 is 12.1 Å². The van der Waals surface area contributed by atoms with Crippen LogP contribution in [0.3, 0.4) is 0 Å². The number of ether oxygens (including phenoxy) is 2. The molecule has 0 saturated carbocycles. The Bertz CT molecular complexity index is 723. The number of amides is 3. The molecular weight excluding hydrogens is 372 g/mol. The van der Waals surface area contributed by atoms with Crippen LogP contribution in [0.4, 0.5) is 4.79 Å². The highest BCUT2D eigenvalue weighted by molar-refractivity contribution is 7.99. The summed E-state index contributed by atoms with van der Waals surface area (Å²) in [5.41, 5.74) is 0.0110. The minimum atomic E-state index is -0.968. The van der Waals surface area contributed by atoms with Crippen LogP contribution in [0.2, 0.25) is 0 Å². The molecule has 146 valence electrons.